The van der Waals surface area contributed by atoms with Crippen LogP contribution in [-0.2, 0) is 4.84 Å². The van der Waals surface area contributed by atoms with Gasteiger partial charge >= 0.3 is 0 Å². The summed E-state index contributed by atoms with van der Waals surface area (Å²) in [5.41, 5.74) is 7.16. The van der Waals surface area contributed by atoms with E-state index >= 15 is 0 Å². The van der Waals surface area contributed by atoms with E-state index in [0.717, 1.165) is 70.5 Å². The molecule has 0 fully saturated rings. The van der Waals surface area contributed by atoms with E-state index in [0.29, 0.717) is 22.4 Å². The van der Waals surface area contributed by atoms with Gasteiger partial charge in [0.15, 0.2) is 5.84 Å². The second-order valence-electron chi connectivity index (χ2n) is 9.71. The Hall–Kier alpha value is -4.67. The van der Waals surface area contributed by atoms with Crippen LogP contribution in [0.1, 0.15) is 30.3 Å². The standard InChI is InChI=1S/C31H30ClN7O3/c1-40-21-8-5-19(6-9-21)30-36-31(42-39-30)26-13-14-28(38-37-26)33-15-3-4-16-34-29-23-11-7-20(32)17-27(23)35-25-12-10-22(41-2)18-24(25)29/h5-14,17-18,31H,3-4,15-16H2,1-2H3,(H,33,38)(H,34,35)(H,36,39). The first-order chi connectivity index (χ1) is 20.6. The summed E-state index contributed by atoms with van der Waals surface area (Å²) in [6.45, 7) is 1.55. The summed E-state index contributed by atoms with van der Waals surface area (Å²) in [7, 11) is 3.30. The highest BCUT2D eigenvalue weighted by atomic mass is 35.5. The highest BCUT2D eigenvalue weighted by molar-refractivity contribution is 6.31. The molecule has 214 valence electrons. The second-order valence-corrected chi connectivity index (χ2v) is 10.2. The van der Waals surface area contributed by atoms with Gasteiger partial charge in [-0.3, -0.25) is 0 Å². The minimum atomic E-state index is -0.564. The molecule has 1 aliphatic heterocycles. The summed E-state index contributed by atoms with van der Waals surface area (Å²) >= 11 is 6.25. The molecule has 1 aliphatic rings. The van der Waals surface area contributed by atoms with Crippen LogP contribution >= 0.6 is 11.6 Å². The average molecular weight is 584 g/mol. The third-order valence-corrected chi connectivity index (χ3v) is 7.20. The number of ether oxygens (including phenoxy) is 2. The van der Waals surface area contributed by atoms with Gasteiger partial charge < -0.3 is 20.1 Å². The average Bonchev–Trinajstić information content (AvgIpc) is 3.52. The van der Waals surface area contributed by atoms with Crippen LogP contribution in [0.2, 0.25) is 5.02 Å². The Balaban J connectivity index is 1.02. The molecule has 10 nitrogen and oxygen atoms in total. The summed E-state index contributed by atoms with van der Waals surface area (Å²) in [5.74, 6) is 2.91. The molecule has 1 atom stereocenters. The van der Waals surface area contributed by atoms with Gasteiger partial charge in [0, 0.05) is 34.4 Å². The SMILES string of the molecule is COc1ccc(C2=NC(c3ccc(NCCCCNc4c5ccc(Cl)cc5nc5ccc(OC)cc45)nn3)ON2)cc1. The topological polar surface area (TPSA) is 115 Å². The first kappa shape index (κ1) is 27.5. The monoisotopic (exact) mass is 583 g/mol. The van der Waals surface area contributed by atoms with Gasteiger partial charge in [0.05, 0.1) is 30.9 Å². The van der Waals surface area contributed by atoms with E-state index in [-0.39, 0.29) is 0 Å². The number of anilines is 2. The highest BCUT2D eigenvalue weighted by Crippen LogP contribution is 2.34. The molecule has 2 aromatic heterocycles. The maximum Gasteiger partial charge on any atom is 0.221 e. The fourth-order valence-electron chi connectivity index (χ4n) is 4.75. The quantitative estimate of drug-likeness (QED) is 0.125. The van der Waals surface area contributed by atoms with E-state index in [9.17, 15) is 0 Å². The Kier molecular flexibility index (Phi) is 8.16. The Morgan fingerprint density at radius 2 is 1.60 bits per heavy atom. The van der Waals surface area contributed by atoms with Gasteiger partial charge in [-0.05, 0) is 85.6 Å². The molecular weight excluding hydrogens is 554 g/mol. The lowest BCUT2D eigenvalue weighted by Crippen LogP contribution is -2.18. The lowest BCUT2D eigenvalue weighted by atomic mass is 10.1. The zero-order valence-electron chi connectivity index (χ0n) is 23.2. The highest BCUT2D eigenvalue weighted by Gasteiger charge is 2.22. The fraction of sp³-hybridized carbons (Fsp3) is 0.226. The number of hydroxylamine groups is 1. The molecule has 3 aromatic carbocycles. The smallest absolute Gasteiger partial charge is 0.221 e. The van der Waals surface area contributed by atoms with Gasteiger partial charge in [-0.1, -0.05) is 11.6 Å². The first-order valence-electron chi connectivity index (χ1n) is 13.6. The van der Waals surface area contributed by atoms with Gasteiger partial charge in [0.1, 0.15) is 23.0 Å². The number of nitrogens with zero attached hydrogens (tertiary/aromatic N) is 4. The third-order valence-electron chi connectivity index (χ3n) is 6.97. The number of unbranched alkanes of at least 4 members (excludes halogenated alkanes) is 1. The maximum absolute atomic E-state index is 6.25. The van der Waals surface area contributed by atoms with Crippen LogP contribution in [0.3, 0.4) is 0 Å². The largest absolute Gasteiger partial charge is 0.497 e. The number of pyridine rings is 1. The Morgan fingerprint density at radius 3 is 2.36 bits per heavy atom. The van der Waals surface area contributed by atoms with Crippen LogP contribution in [0.15, 0.2) is 77.8 Å². The number of hydrogen-bond acceptors (Lipinski definition) is 10. The number of halogens is 1. The summed E-state index contributed by atoms with van der Waals surface area (Å²) in [5, 5.41) is 18.3. The molecule has 3 heterocycles. The maximum atomic E-state index is 6.25. The molecule has 3 N–H and O–H groups in total. The molecule has 0 radical (unpaired) electrons. The number of aliphatic imine (C=N–C) groups is 1. The Morgan fingerprint density at radius 1 is 0.810 bits per heavy atom. The molecule has 42 heavy (non-hydrogen) atoms. The number of methoxy groups -OCH3 is 2. The molecular formula is C31H30ClN7O3. The van der Waals surface area contributed by atoms with E-state index in [2.05, 4.69) is 31.3 Å². The minimum absolute atomic E-state index is 0.564. The Bertz CT molecular complexity index is 1730. The molecule has 0 bridgehead atoms. The summed E-state index contributed by atoms with van der Waals surface area (Å²) in [4.78, 5) is 15.0. The molecule has 0 saturated carbocycles. The summed E-state index contributed by atoms with van der Waals surface area (Å²) < 4.78 is 10.7. The molecule has 0 saturated heterocycles. The summed E-state index contributed by atoms with van der Waals surface area (Å²) in [6, 6.07) is 23.0. The number of aromatic nitrogens is 3. The van der Waals surface area contributed by atoms with Crippen LogP contribution in [-0.4, -0.2) is 48.3 Å². The number of amidine groups is 1. The number of nitrogens with one attached hydrogen (secondary N) is 3. The van der Waals surface area contributed by atoms with Crippen molar-refractivity contribution in [2.24, 2.45) is 4.99 Å². The number of fused-ring (bicyclic) bond motifs is 2. The molecule has 6 rings (SSSR count). The number of rotatable bonds is 11. The van der Waals surface area contributed by atoms with Gasteiger partial charge in [0.2, 0.25) is 6.23 Å². The molecule has 5 aromatic rings. The molecule has 0 aliphatic carbocycles. The van der Waals surface area contributed by atoms with E-state index in [1.165, 1.54) is 0 Å². The predicted octanol–water partition coefficient (Wildman–Crippen LogP) is 6.13. The van der Waals surface area contributed by atoms with Crippen molar-refractivity contribution < 1.29 is 14.3 Å². The molecule has 1 unspecified atom stereocenters. The van der Waals surface area contributed by atoms with Crippen LogP contribution < -0.4 is 25.6 Å². The lowest BCUT2D eigenvalue weighted by molar-refractivity contribution is 0.0345. The molecule has 0 amide bonds. The van der Waals surface area contributed by atoms with E-state index in [4.69, 9.17) is 30.9 Å². The van der Waals surface area contributed by atoms with Crippen LogP contribution in [0.4, 0.5) is 11.5 Å². The lowest BCUT2D eigenvalue weighted by Gasteiger charge is -2.14. The number of benzene rings is 3. The van der Waals surface area contributed by atoms with Crippen molar-refractivity contribution in [3.63, 3.8) is 0 Å². The van der Waals surface area contributed by atoms with Crippen LogP contribution in [0, 0.1) is 0 Å². The fourth-order valence-corrected chi connectivity index (χ4v) is 4.92. The Labute approximate surface area is 248 Å². The van der Waals surface area contributed by atoms with Crippen molar-refractivity contribution in [3.8, 4) is 11.5 Å². The number of hydrogen-bond donors (Lipinski definition) is 3. The van der Waals surface area contributed by atoms with E-state index in [1.54, 1.807) is 14.2 Å². The second kappa shape index (κ2) is 12.5. The normalized spacial score (nSPS) is 14.5. The first-order valence-corrected chi connectivity index (χ1v) is 14.0. The van der Waals surface area contributed by atoms with Crippen molar-refractivity contribution in [2.45, 2.75) is 19.1 Å². The van der Waals surface area contributed by atoms with Crippen molar-refractivity contribution >= 4 is 50.7 Å². The van der Waals surface area contributed by atoms with Gasteiger partial charge in [-0.2, -0.15) is 0 Å². The van der Waals surface area contributed by atoms with Gasteiger partial charge in [-0.15, -0.1) is 10.2 Å². The van der Waals surface area contributed by atoms with Gasteiger partial charge in [0.25, 0.3) is 0 Å². The minimum Gasteiger partial charge on any atom is -0.497 e. The molecule has 0 spiro atoms. The van der Waals surface area contributed by atoms with E-state index in [1.807, 2.05) is 72.8 Å². The van der Waals surface area contributed by atoms with Crippen molar-refractivity contribution in [1.82, 2.24) is 20.7 Å². The van der Waals surface area contributed by atoms with Crippen molar-refractivity contribution in [3.05, 3.63) is 89.1 Å². The van der Waals surface area contributed by atoms with Gasteiger partial charge in [-0.25, -0.2) is 20.3 Å². The third kappa shape index (κ3) is 6.00. The molecule has 11 heteroatoms. The summed E-state index contributed by atoms with van der Waals surface area (Å²) in [6.07, 6.45) is 1.33. The zero-order valence-corrected chi connectivity index (χ0v) is 24.0. The zero-order chi connectivity index (χ0) is 28.9. The van der Waals surface area contributed by atoms with Crippen molar-refractivity contribution in [2.75, 3.05) is 37.9 Å². The van der Waals surface area contributed by atoms with E-state index < -0.39 is 6.23 Å². The van der Waals surface area contributed by atoms with Crippen LogP contribution in [0.5, 0.6) is 11.5 Å². The van der Waals surface area contributed by atoms with Crippen LogP contribution in [0.25, 0.3) is 21.8 Å². The predicted molar refractivity (Wildman–Crippen MR) is 166 cm³/mol. The van der Waals surface area contributed by atoms with Crippen molar-refractivity contribution in [1.29, 1.82) is 0 Å².